The van der Waals surface area contributed by atoms with Crippen molar-refractivity contribution in [2.75, 3.05) is 13.2 Å². The molecular formula is C52H50O10. The number of esters is 4. The van der Waals surface area contributed by atoms with Gasteiger partial charge in [0.2, 0.25) is 0 Å². The Morgan fingerprint density at radius 2 is 0.532 bits per heavy atom. The van der Waals surface area contributed by atoms with E-state index in [4.69, 9.17) is 28.4 Å². The third kappa shape index (κ3) is 10.5. The Balaban J connectivity index is 1.48. The van der Waals surface area contributed by atoms with Gasteiger partial charge in [0, 0.05) is 27.7 Å². The van der Waals surface area contributed by atoms with Crippen LogP contribution in [0.2, 0.25) is 0 Å². The Morgan fingerprint density at radius 3 is 0.710 bits per heavy atom. The summed E-state index contributed by atoms with van der Waals surface area (Å²) in [6.45, 7) is 3.96. The van der Waals surface area contributed by atoms with Crippen molar-refractivity contribution < 1.29 is 47.6 Å². The summed E-state index contributed by atoms with van der Waals surface area (Å²) in [6, 6.07) is 57.2. The van der Waals surface area contributed by atoms with Gasteiger partial charge in [0.1, 0.15) is 11.2 Å². The molecule has 318 valence electrons. The molecule has 4 atom stereocenters. The van der Waals surface area contributed by atoms with Gasteiger partial charge in [0.15, 0.2) is 24.4 Å². The van der Waals surface area contributed by atoms with Gasteiger partial charge in [0.25, 0.3) is 0 Å². The molecule has 0 spiro atoms. The van der Waals surface area contributed by atoms with Crippen molar-refractivity contribution in [1.29, 1.82) is 0 Å². The molecular weight excluding hydrogens is 785 g/mol. The van der Waals surface area contributed by atoms with Crippen molar-refractivity contribution in [3.05, 3.63) is 215 Å². The molecule has 0 heterocycles. The van der Waals surface area contributed by atoms with E-state index < -0.39 is 72.7 Å². The highest BCUT2D eigenvalue weighted by molar-refractivity contribution is 5.69. The maximum absolute atomic E-state index is 13.1. The predicted molar refractivity (Wildman–Crippen MR) is 233 cm³/mol. The SMILES string of the molecule is CC(=O)O[C@H]([C@H](OC(C)=O)[C@@H](COC(c1ccccc1)(c1ccccc1)c1ccccc1)OC(C)=O)[C@@H](COC(c1ccccc1)(c1ccccc1)c1ccccc1)OC(C)=O. The molecule has 6 aromatic carbocycles. The molecule has 0 amide bonds. The molecule has 0 N–H and O–H groups in total. The number of carbonyl (C=O) groups excluding carboxylic acids is 4. The number of hydrogen-bond donors (Lipinski definition) is 0. The van der Waals surface area contributed by atoms with E-state index in [2.05, 4.69) is 0 Å². The summed E-state index contributed by atoms with van der Waals surface area (Å²) in [5.74, 6) is -3.06. The van der Waals surface area contributed by atoms with E-state index in [9.17, 15) is 19.2 Å². The predicted octanol–water partition coefficient (Wildman–Crippen LogP) is 8.73. The number of ether oxygens (including phenoxy) is 6. The van der Waals surface area contributed by atoms with Crippen LogP contribution in [-0.2, 0) is 58.8 Å². The second kappa shape index (κ2) is 21.1. The first-order chi connectivity index (χ1) is 30.0. The normalized spacial score (nSPS) is 13.4. The summed E-state index contributed by atoms with van der Waals surface area (Å²) in [5.41, 5.74) is 1.94. The van der Waals surface area contributed by atoms with Gasteiger partial charge in [-0.05, 0) is 33.4 Å². The van der Waals surface area contributed by atoms with Gasteiger partial charge in [-0.3, -0.25) is 19.2 Å². The molecule has 0 saturated heterocycles. The third-order valence-corrected chi connectivity index (χ3v) is 10.3. The summed E-state index contributed by atoms with van der Waals surface area (Å²) in [4.78, 5) is 52.4. The summed E-state index contributed by atoms with van der Waals surface area (Å²) >= 11 is 0. The Kier molecular flexibility index (Phi) is 15.2. The average Bonchev–Trinajstić information content (AvgIpc) is 3.29. The van der Waals surface area contributed by atoms with Gasteiger partial charge in [0.05, 0.1) is 13.2 Å². The lowest BCUT2D eigenvalue weighted by Gasteiger charge is -2.41. The summed E-state index contributed by atoms with van der Waals surface area (Å²) in [6.07, 6.45) is -6.05. The maximum Gasteiger partial charge on any atom is 0.303 e. The molecule has 6 aromatic rings. The molecule has 0 bridgehead atoms. The zero-order chi connectivity index (χ0) is 44.0. The van der Waals surface area contributed by atoms with Crippen LogP contribution in [-0.4, -0.2) is 61.5 Å². The fourth-order valence-electron chi connectivity index (χ4n) is 7.86. The molecule has 10 nitrogen and oxygen atoms in total. The molecule has 6 rings (SSSR count). The molecule has 0 fully saturated rings. The lowest BCUT2D eigenvalue weighted by molar-refractivity contribution is -0.210. The first kappa shape index (κ1) is 44.7. The molecule has 0 aliphatic heterocycles. The van der Waals surface area contributed by atoms with Crippen LogP contribution in [0.4, 0.5) is 0 Å². The number of carbonyl (C=O) groups is 4. The molecule has 0 radical (unpaired) electrons. The van der Waals surface area contributed by atoms with E-state index in [1.54, 1.807) is 0 Å². The minimum Gasteiger partial charge on any atom is -0.456 e. The van der Waals surface area contributed by atoms with E-state index in [0.717, 1.165) is 33.4 Å². The van der Waals surface area contributed by atoms with Gasteiger partial charge in [-0.1, -0.05) is 182 Å². The smallest absolute Gasteiger partial charge is 0.303 e. The van der Waals surface area contributed by atoms with E-state index in [-0.39, 0.29) is 0 Å². The molecule has 10 heteroatoms. The topological polar surface area (TPSA) is 124 Å². The molecule has 0 aliphatic carbocycles. The van der Waals surface area contributed by atoms with E-state index in [1.807, 2.05) is 182 Å². The fraction of sp³-hybridized carbons (Fsp3) is 0.231. The highest BCUT2D eigenvalue weighted by Crippen LogP contribution is 2.43. The van der Waals surface area contributed by atoms with Crippen LogP contribution < -0.4 is 0 Å². The van der Waals surface area contributed by atoms with E-state index in [1.165, 1.54) is 27.7 Å². The van der Waals surface area contributed by atoms with Gasteiger partial charge >= 0.3 is 23.9 Å². The number of hydrogen-bond acceptors (Lipinski definition) is 10. The van der Waals surface area contributed by atoms with Crippen LogP contribution in [0.5, 0.6) is 0 Å². The summed E-state index contributed by atoms with van der Waals surface area (Å²) in [5, 5.41) is 0. The molecule has 0 saturated carbocycles. The highest BCUT2D eigenvalue weighted by atomic mass is 16.6. The zero-order valence-corrected chi connectivity index (χ0v) is 35.1. The van der Waals surface area contributed by atoms with Crippen molar-refractivity contribution in [3.8, 4) is 0 Å². The lowest BCUT2D eigenvalue weighted by atomic mass is 9.80. The molecule has 0 aliphatic rings. The Labute approximate surface area is 362 Å². The van der Waals surface area contributed by atoms with Crippen LogP contribution >= 0.6 is 0 Å². The Bertz CT molecular complexity index is 1980. The lowest BCUT2D eigenvalue weighted by Crippen LogP contribution is -2.55. The first-order valence-electron chi connectivity index (χ1n) is 20.3. The van der Waals surface area contributed by atoms with Gasteiger partial charge in [-0.25, -0.2) is 0 Å². The van der Waals surface area contributed by atoms with Gasteiger partial charge in [-0.15, -0.1) is 0 Å². The highest BCUT2D eigenvalue weighted by Gasteiger charge is 2.48. The van der Waals surface area contributed by atoms with Crippen molar-refractivity contribution >= 4 is 23.9 Å². The van der Waals surface area contributed by atoms with Crippen LogP contribution in [0.1, 0.15) is 61.1 Å². The largest absolute Gasteiger partial charge is 0.456 e. The van der Waals surface area contributed by atoms with Crippen molar-refractivity contribution in [2.45, 2.75) is 63.3 Å². The van der Waals surface area contributed by atoms with E-state index >= 15 is 0 Å². The summed E-state index contributed by atoms with van der Waals surface area (Å²) < 4.78 is 38.1. The standard InChI is InChI=1S/C52H50O10/c1-37(53)59-47(35-57-51(41-23-11-5-12-24-41,42-25-13-6-14-26-42)43-27-15-7-16-28-43)49(61-39(3)55)50(62-40(4)56)48(60-38(2)54)36-58-52(44-29-17-8-18-30-44,45-31-19-9-20-32-45)46-33-21-10-22-34-46/h5-34,47-50H,35-36H2,1-4H3/t47-,48-,49-,50+/m1/s1. The van der Waals surface area contributed by atoms with E-state index in [0.29, 0.717) is 0 Å². The van der Waals surface area contributed by atoms with Gasteiger partial charge < -0.3 is 28.4 Å². The quantitative estimate of drug-likeness (QED) is 0.0445. The molecule has 0 aromatic heterocycles. The van der Waals surface area contributed by atoms with Crippen LogP contribution in [0.25, 0.3) is 0 Å². The fourth-order valence-corrected chi connectivity index (χ4v) is 7.86. The number of benzene rings is 6. The molecule has 0 unspecified atom stereocenters. The van der Waals surface area contributed by atoms with Gasteiger partial charge in [-0.2, -0.15) is 0 Å². The monoisotopic (exact) mass is 834 g/mol. The van der Waals surface area contributed by atoms with Crippen LogP contribution in [0.3, 0.4) is 0 Å². The summed E-state index contributed by atoms with van der Waals surface area (Å²) in [7, 11) is 0. The zero-order valence-electron chi connectivity index (χ0n) is 35.1. The third-order valence-electron chi connectivity index (χ3n) is 10.3. The van der Waals surface area contributed by atoms with Crippen molar-refractivity contribution in [3.63, 3.8) is 0 Å². The Morgan fingerprint density at radius 1 is 0.339 bits per heavy atom. The minimum atomic E-state index is -1.59. The van der Waals surface area contributed by atoms with Crippen molar-refractivity contribution in [1.82, 2.24) is 0 Å². The van der Waals surface area contributed by atoms with Crippen LogP contribution in [0, 0.1) is 0 Å². The Hall–Kier alpha value is -6.88. The average molecular weight is 835 g/mol. The number of rotatable bonds is 19. The second-order valence-electron chi connectivity index (χ2n) is 14.6. The maximum atomic E-state index is 13.1. The molecule has 62 heavy (non-hydrogen) atoms. The second-order valence-corrected chi connectivity index (χ2v) is 14.6. The minimum absolute atomic E-state index is 0.399. The van der Waals surface area contributed by atoms with Crippen molar-refractivity contribution in [2.24, 2.45) is 0 Å². The van der Waals surface area contributed by atoms with Crippen LogP contribution in [0.15, 0.2) is 182 Å². The first-order valence-corrected chi connectivity index (χ1v) is 20.3.